The molecule has 2 N–H and O–H groups in total. The number of aromatic amines is 2. The highest BCUT2D eigenvalue weighted by Gasteiger charge is 2.30. The van der Waals surface area contributed by atoms with Crippen molar-refractivity contribution in [3.63, 3.8) is 0 Å². The maximum absolute atomic E-state index is 5.76. The molecule has 326 valence electrons. The molecule has 0 radical (unpaired) electrons. The van der Waals surface area contributed by atoms with E-state index in [1.54, 1.807) is 0 Å². The summed E-state index contributed by atoms with van der Waals surface area (Å²) >= 11 is 0. The van der Waals surface area contributed by atoms with E-state index in [9.17, 15) is 0 Å². The Kier molecular flexibility index (Phi) is 9.03. The quantitative estimate of drug-likeness (QED) is 0.178. The Bertz CT molecular complexity index is 4210. The van der Waals surface area contributed by atoms with E-state index < -0.39 is 0 Å². The molecule has 3 aromatic heterocycles. The highest BCUT2D eigenvalue weighted by Crippen LogP contribution is 2.53. The Hall–Kier alpha value is -9.66. The number of nitrogens with zero attached hydrogens (tertiary/aromatic N) is 6. The standard InChI is InChI=1S/C62H38N8/c1-6-21-37(22-7-1)42-35-20-36-47-52(42)60-68-59(47)66-57-44-32-17-16-31-43(44)55(64-57)63-56-45-33-18-19-34-46(45)58(65-56)67-61-53-50(40-27-12-4-13-28-40)48(38-23-8-2-9-24-38)49(39-25-10-3-11-26-39)51(41-29-14-5-15-30-41)54(53)62(69-60)70-61/h1-36H,(H2,63,64,65,66,67,68,69,70). The van der Waals surface area contributed by atoms with Crippen LogP contribution in [0.5, 0.6) is 0 Å². The first kappa shape index (κ1) is 39.5. The SMILES string of the molecule is c1ccc(-c2cccc3c2-c2nc-3nc3[nH]c(nc4nc(nc5[nH]c(n2)c2c(-c6ccccc6)c(-c6ccccc6)c(-c6ccccc6)c(-c6ccccc6)c52)-c2ccccc2-4)c2ccccc32)cc1. The van der Waals surface area contributed by atoms with Crippen molar-refractivity contribution in [2.24, 2.45) is 0 Å². The summed E-state index contributed by atoms with van der Waals surface area (Å²) in [5.74, 6) is 2.17. The van der Waals surface area contributed by atoms with Gasteiger partial charge in [0.2, 0.25) is 0 Å². The highest BCUT2D eigenvalue weighted by molar-refractivity contribution is 6.26. The van der Waals surface area contributed by atoms with E-state index in [0.717, 1.165) is 99.4 Å². The minimum atomic E-state index is 0.531. The number of H-pyrrole nitrogens is 2. The van der Waals surface area contributed by atoms with Crippen LogP contribution >= 0.6 is 0 Å². The summed E-state index contributed by atoms with van der Waals surface area (Å²) in [5.41, 5.74) is 16.5. The topological polar surface area (TPSA) is 109 Å². The van der Waals surface area contributed by atoms with E-state index in [0.29, 0.717) is 45.9 Å². The molecule has 12 aromatic rings. The Morgan fingerprint density at radius 3 is 1.03 bits per heavy atom. The van der Waals surface area contributed by atoms with Crippen LogP contribution in [0.2, 0.25) is 0 Å². The fourth-order valence-corrected chi connectivity index (χ4v) is 10.4. The molecule has 0 atom stereocenters. The van der Waals surface area contributed by atoms with Gasteiger partial charge < -0.3 is 9.97 Å². The normalized spacial score (nSPS) is 11.7. The summed E-state index contributed by atoms with van der Waals surface area (Å²) in [4.78, 5) is 40.2. The molecule has 8 heteroatoms. The Balaban J connectivity index is 1.27. The predicted molar refractivity (Wildman–Crippen MR) is 283 cm³/mol. The third kappa shape index (κ3) is 6.31. The minimum absolute atomic E-state index is 0.531. The van der Waals surface area contributed by atoms with Gasteiger partial charge in [-0.25, -0.2) is 29.9 Å². The summed E-state index contributed by atoms with van der Waals surface area (Å²) in [6.45, 7) is 0. The number of fused-ring (bicyclic) bond motifs is 20. The van der Waals surface area contributed by atoms with Gasteiger partial charge in [0.15, 0.2) is 23.3 Å². The monoisotopic (exact) mass is 894 g/mol. The lowest BCUT2D eigenvalue weighted by atomic mass is 9.80. The number of hydrogen-bond acceptors (Lipinski definition) is 6. The molecule has 2 aliphatic rings. The molecule has 0 fully saturated rings. The van der Waals surface area contributed by atoms with Crippen LogP contribution in [0.3, 0.4) is 0 Å². The summed E-state index contributed by atoms with van der Waals surface area (Å²) in [6.07, 6.45) is 0. The van der Waals surface area contributed by atoms with Crippen molar-refractivity contribution < 1.29 is 0 Å². The first-order valence-corrected chi connectivity index (χ1v) is 23.4. The van der Waals surface area contributed by atoms with Gasteiger partial charge in [-0.3, -0.25) is 0 Å². The zero-order chi connectivity index (χ0) is 46.1. The first-order valence-electron chi connectivity index (χ1n) is 23.4. The molecule has 70 heavy (non-hydrogen) atoms. The van der Waals surface area contributed by atoms with Crippen LogP contribution in [0.15, 0.2) is 218 Å². The zero-order valence-corrected chi connectivity index (χ0v) is 37.5. The molecule has 0 spiro atoms. The largest absolute Gasteiger partial charge is 0.324 e. The molecule has 9 aromatic carbocycles. The number of aromatic nitrogens is 8. The molecule has 0 aliphatic carbocycles. The maximum Gasteiger partial charge on any atom is 0.165 e. The fourth-order valence-electron chi connectivity index (χ4n) is 10.4. The van der Waals surface area contributed by atoms with E-state index in [-0.39, 0.29) is 0 Å². The van der Waals surface area contributed by atoms with Crippen molar-refractivity contribution >= 4 is 44.1 Å². The second-order valence-electron chi connectivity index (χ2n) is 17.5. The van der Waals surface area contributed by atoms with Crippen LogP contribution in [0.25, 0.3) is 145 Å². The molecule has 0 saturated heterocycles. The van der Waals surface area contributed by atoms with Gasteiger partial charge >= 0.3 is 0 Å². The molecule has 0 amide bonds. The van der Waals surface area contributed by atoms with E-state index in [1.807, 2.05) is 30.3 Å². The van der Waals surface area contributed by atoms with Gasteiger partial charge in [-0.2, -0.15) is 0 Å². The number of nitrogens with one attached hydrogen (secondary N) is 2. The lowest BCUT2D eigenvalue weighted by Gasteiger charge is -2.22. The van der Waals surface area contributed by atoms with E-state index in [1.165, 1.54) is 0 Å². The molecule has 14 rings (SSSR count). The molecule has 0 saturated carbocycles. The molecule has 0 unspecified atom stereocenters. The summed E-state index contributed by atoms with van der Waals surface area (Å²) in [5, 5.41) is 3.65. The fraction of sp³-hybridized carbons (Fsp3) is 0. The summed E-state index contributed by atoms with van der Waals surface area (Å²) < 4.78 is 0. The third-order valence-corrected chi connectivity index (χ3v) is 13.5. The highest BCUT2D eigenvalue weighted by atomic mass is 15.1. The van der Waals surface area contributed by atoms with E-state index >= 15 is 0 Å². The minimum Gasteiger partial charge on any atom is -0.324 e. The smallest absolute Gasteiger partial charge is 0.165 e. The zero-order valence-electron chi connectivity index (χ0n) is 37.5. The number of rotatable bonds is 5. The van der Waals surface area contributed by atoms with Crippen LogP contribution in [0.4, 0.5) is 0 Å². The van der Waals surface area contributed by atoms with Gasteiger partial charge in [-0.05, 0) is 44.5 Å². The van der Waals surface area contributed by atoms with Crippen LogP contribution in [0, 0.1) is 0 Å². The van der Waals surface area contributed by atoms with Gasteiger partial charge in [-0.15, -0.1) is 0 Å². The van der Waals surface area contributed by atoms with E-state index in [4.69, 9.17) is 29.9 Å². The Morgan fingerprint density at radius 2 is 0.543 bits per heavy atom. The Labute approximate surface area is 401 Å². The van der Waals surface area contributed by atoms with Crippen molar-refractivity contribution in [1.82, 2.24) is 39.9 Å². The molecular formula is C62H38N8. The second-order valence-corrected chi connectivity index (χ2v) is 17.5. The van der Waals surface area contributed by atoms with Gasteiger partial charge in [0.25, 0.3) is 0 Å². The van der Waals surface area contributed by atoms with Gasteiger partial charge in [0, 0.05) is 54.9 Å². The third-order valence-electron chi connectivity index (χ3n) is 13.5. The van der Waals surface area contributed by atoms with Gasteiger partial charge in [0.1, 0.15) is 22.6 Å². The average Bonchev–Trinajstić information content (AvgIpc) is 4.17. The van der Waals surface area contributed by atoms with Crippen molar-refractivity contribution in [1.29, 1.82) is 0 Å². The molecule has 8 nitrogen and oxygen atoms in total. The van der Waals surface area contributed by atoms with Crippen LogP contribution in [-0.2, 0) is 0 Å². The first-order chi connectivity index (χ1) is 34.7. The summed E-state index contributed by atoms with van der Waals surface area (Å²) in [6, 6.07) is 75.8. The molecule has 5 heterocycles. The predicted octanol–water partition coefficient (Wildman–Crippen LogP) is 15.2. The van der Waals surface area contributed by atoms with Crippen molar-refractivity contribution in [2.75, 3.05) is 0 Å². The van der Waals surface area contributed by atoms with Crippen LogP contribution in [-0.4, -0.2) is 39.9 Å². The lowest BCUT2D eigenvalue weighted by molar-refractivity contribution is 1.19. The second kappa shape index (κ2) is 16.0. The van der Waals surface area contributed by atoms with Crippen LogP contribution in [0.1, 0.15) is 0 Å². The number of hydrogen-bond donors (Lipinski definition) is 2. The Morgan fingerprint density at radius 1 is 0.214 bits per heavy atom. The van der Waals surface area contributed by atoms with Crippen molar-refractivity contribution in [2.45, 2.75) is 0 Å². The molecule has 8 bridgehead atoms. The average molecular weight is 895 g/mol. The van der Waals surface area contributed by atoms with Gasteiger partial charge in [-0.1, -0.05) is 218 Å². The maximum atomic E-state index is 5.76. The molecular weight excluding hydrogens is 857 g/mol. The van der Waals surface area contributed by atoms with Gasteiger partial charge in [0.05, 0.1) is 0 Å². The van der Waals surface area contributed by atoms with Crippen LogP contribution < -0.4 is 0 Å². The lowest BCUT2D eigenvalue weighted by Crippen LogP contribution is -1.97. The molecule has 2 aliphatic heterocycles. The van der Waals surface area contributed by atoms with Crippen molar-refractivity contribution in [3.8, 4) is 101 Å². The number of benzene rings is 9. The van der Waals surface area contributed by atoms with Crippen molar-refractivity contribution in [3.05, 3.63) is 218 Å². The summed E-state index contributed by atoms with van der Waals surface area (Å²) in [7, 11) is 0. The van der Waals surface area contributed by atoms with E-state index in [2.05, 4.69) is 198 Å².